The third-order valence-electron chi connectivity index (χ3n) is 5.09. The van der Waals surface area contributed by atoms with Crippen LogP contribution in [0.25, 0.3) is 6.08 Å². The van der Waals surface area contributed by atoms with Crippen LogP contribution in [-0.4, -0.2) is 12.6 Å². The molecule has 0 unspecified atom stereocenters. The summed E-state index contributed by atoms with van der Waals surface area (Å²) in [5, 5.41) is 0. The number of esters is 1. The van der Waals surface area contributed by atoms with Crippen molar-refractivity contribution in [3.05, 3.63) is 106 Å². The van der Waals surface area contributed by atoms with Gasteiger partial charge in [0.1, 0.15) is 0 Å². The molecule has 0 amide bonds. The van der Waals surface area contributed by atoms with E-state index in [9.17, 15) is 18.0 Å². The number of fused-ring (bicyclic) bond motifs is 1. The van der Waals surface area contributed by atoms with E-state index in [1.54, 1.807) is 31.2 Å². The third kappa shape index (κ3) is 4.46. The van der Waals surface area contributed by atoms with Crippen LogP contribution in [0.1, 0.15) is 34.0 Å². The number of allylic oxidation sites excluding steroid dienone is 1. The Kier molecular flexibility index (Phi) is 5.89. The molecule has 4 rings (SSSR count). The van der Waals surface area contributed by atoms with Gasteiger partial charge in [0.05, 0.1) is 29.1 Å². The van der Waals surface area contributed by atoms with Crippen molar-refractivity contribution in [1.29, 1.82) is 0 Å². The number of hydrogen-bond acceptors (Lipinski definition) is 3. The first-order chi connectivity index (χ1) is 15.4. The standard InChI is InChI=1S/C26H20F3NO2/c1-2-32-25(31)20-9-6-10-22(17-20)30-23(15-18-7-4-3-5-8-18)13-11-19-16-21(26(27,28)29)12-14-24(19)30/h3-12,14,16-17H,2,15H2,1H3. The molecule has 32 heavy (non-hydrogen) atoms. The quantitative estimate of drug-likeness (QED) is 0.327. The van der Waals surface area contributed by atoms with Gasteiger partial charge in [0.25, 0.3) is 0 Å². The van der Waals surface area contributed by atoms with Gasteiger partial charge in [0.15, 0.2) is 0 Å². The number of carbonyl (C=O) groups is 1. The molecule has 3 aromatic carbocycles. The van der Waals surface area contributed by atoms with Gasteiger partial charge in [-0.2, -0.15) is 13.2 Å². The Bertz CT molecular complexity index is 1210. The zero-order valence-corrected chi connectivity index (χ0v) is 17.3. The highest BCUT2D eigenvalue weighted by Gasteiger charge is 2.32. The minimum Gasteiger partial charge on any atom is -0.462 e. The maximum absolute atomic E-state index is 13.3. The van der Waals surface area contributed by atoms with Gasteiger partial charge >= 0.3 is 12.1 Å². The van der Waals surface area contributed by atoms with Gasteiger partial charge in [-0.05, 0) is 55.0 Å². The van der Waals surface area contributed by atoms with Gasteiger partial charge in [0, 0.05) is 17.7 Å². The first kappa shape index (κ1) is 21.5. The van der Waals surface area contributed by atoms with E-state index in [0.29, 0.717) is 28.9 Å². The lowest BCUT2D eigenvalue weighted by Crippen LogP contribution is -2.21. The number of rotatable bonds is 5. The number of anilines is 2. The molecule has 0 radical (unpaired) electrons. The number of alkyl halides is 3. The zero-order valence-electron chi connectivity index (χ0n) is 17.3. The monoisotopic (exact) mass is 435 g/mol. The Hall–Kier alpha value is -3.76. The topological polar surface area (TPSA) is 29.5 Å². The molecule has 0 aliphatic carbocycles. The second-order valence-corrected chi connectivity index (χ2v) is 7.28. The molecule has 0 fully saturated rings. The maximum atomic E-state index is 13.3. The molecule has 0 saturated heterocycles. The van der Waals surface area contributed by atoms with Gasteiger partial charge in [-0.1, -0.05) is 42.1 Å². The number of nitrogens with zero attached hydrogens (tertiary/aromatic N) is 1. The van der Waals surface area contributed by atoms with Gasteiger partial charge in [-0.3, -0.25) is 0 Å². The first-order valence-corrected chi connectivity index (χ1v) is 10.1. The Balaban J connectivity index is 1.83. The van der Waals surface area contributed by atoms with Crippen LogP contribution in [0.4, 0.5) is 24.5 Å². The Morgan fingerprint density at radius 1 is 1.00 bits per heavy atom. The lowest BCUT2D eigenvalue weighted by Gasteiger charge is -2.31. The maximum Gasteiger partial charge on any atom is 0.416 e. The minimum atomic E-state index is -4.44. The van der Waals surface area contributed by atoms with Crippen molar-refractivity contribution < 1.29 is 22.7 Å². The second-order valence-electron chi connectivity index (χ2n) is 7.28. The van der Waals surface area contributed by atoms with Crippen LogP contribution < -0.4 is 4.90 Å². The fourth-order valence-corrected chi connectivity index (χ4v) is 3.62. The van der Waals surface area contributed by atoms with E-state index in [1.165, 1.54) is 6.07 Å². The van der Waals surface area contributed by atoms with Crippen LogP contribution in [0.2, 0.25) is 0 Å². The summed E-state index contributed by atoms with van der Waals surface area (Å²) < 4.78 is 44.9. The lowest BCUT2D eigenvalue weighted by atomic mass is 10.00. The highest BCUT2D eigenvalue weighted by atomic mass is 19.4. The Labute approximate surface area is 184 Å². The van der Waals surface area contributed by atoms with E-state index in [-0.39, 0.29) is 6.61 Å². The number of halogens is 3. The van der Waals surface area contributed by atoms with E-state index in [4.69, 9.17) is 4.74 Å². The molecule has 1 aliphatic rings. The molecule has 0 saturated carbocycles. The molecule has 3 aromatic rings. The Morgan fingerprint density at radius 2 is 1.78 bits per heavy atom. The fraction of sp³-hybridized carbons (Fsp3) is 0.154. The molecule has 0 atom stereocenters. The van der Waals surface area contributed by atoms with Crippen LogP contribution in [0.5, 0.6) is 0 Å². The summed E-state index contributed by atoms with van der Waals surface area (Å²) in [6.07, 6.45) is -2.35. The van der Waals surface area contributed by atoms with Crippen LogP contribution in [-0.2, 0) is 17.3 Å². The molecule has 0 bridgehead atoms. The molecule has 0 N–H and O–H groups in total. The summed E-state index contributed by atoms with van der Waals surface area (Å²) in [4.78, 5) is 14.1. The molecule has 6 heteroatoms. The zero-order chi connectivity index (χ0) is 22.7. The molecule has 3 nitrogen and oxygen atoms in total. The number of hydrogen-bond donors (Lipinski definition) is 0. The summed E-state index contributed by atoms with van der Waals surface area (Å²) in [6, 6.07) is 20.2. The average Bonchev–Trinajstić information content (AvgIpc) is 2.79. The average molecular weight is 435 g/mol. The van der Waals surface area contributed by atoms with Crippen LogP contribution in [0.15, 0.2) is 84.2 Å². The van der Waals surface area contributed by atoms with Gasteiger partial charge in [0.2, 0.25) is 0 Å². The molecule has 0 spiro atoms. The van der Waals surface area contributed by atoms with E-state index in [0.717, 1.165) is 23.4 Å². The van der Waals surface area contributed by atoms with E-state index < -0.39 is 17.7 Å². The second kappa shape index (κ2) is 8.77. The highest BCUT2D eigenvalue weighted by molar-refractivity contribution is 5.91. The summed E-state index contributed by atoms with van der Waals surface area (Å²) in [6.45, 7) is 1.98. The predicted molar refractivity (Wildman–Crippen MR) is 118 cm³/mol. The van der Waals surface area contributed by atoms with Crippen molar-refractivity contribution in [2.75, 3.05) is 11.5 Å². The number of ether oxygens (including phenoxy) is 1. The van der Waals surface area contributed by atoms with E-state index in [2.05, 4.69) is 5.73 Å². The van der Waals surface area contributed by atoms with Gasteiger partial charge in [-0.15, -0.1) is 0 Å². The number of benzene rings is 3. The first-order valence-electron chi connectivity index (χ1n) is 10.1. The number of carbonyl (C=O) groups excluding carboxylic acids is 1. The van der Waals surface area contributed by atoms with Crippen LogP contribution in [0.3, 0.4) is 0 Å². The molecule has 1 aliphatic heterocycles. The largest absolute Gasteiger partial charge is 0.462 e. The van der Waals surface area contributed by atoms with Crippen molar-refractivity contribution in [2.45, 2.75) is 19.5 Å². The van der Waals surface area contributed by atoms with Crippen LogP contribution in [0, 0.1) is 0 Å². The van der Waals surface area contributed by atoms with E-state index >= 15 is 0 Å². The van der Waals surface area contributed by atoms with Gasteiger partial charge in [-0.25, -0.2) is 4.79 Å². The molecule has 162 valence electrons. The molecular weight excluding hydrogens is 415 g/mol. The van der Waals surface area contributed by atoms with Gasteiger partial charge < -0.3 is 9.64 Å². The van der Waals surface area contributed by atoms with Crippen molar-refractivity contribution in [3.63, 3.8) is 0 Å². The lowest BCUT2D eigenvalue weighted by molar-refractivity contribution is -0.137. The van der Waals surface area contributed by atoms with Crippen LogP contribution >= 0.6 is 0 Å². The summed E-state index contributed by atoms with van der Waals surface area (Å²) in [7, 11) is 0. The molecular formula is C26H20F3NO2. The Morgan fingerprint density at radius 3 is 2.50 bits per heavy atom. The van der Waals surface area contributed by atoms with E-state index in [1.807, 2.05) is 41.3 Å². The van der Waals surface area contributed by atoms with Crippen molar-refractivity contribution in [1.82, 2.24) is 0 Å². The summed E-state index contributed by atoms with van der Waals surface area (Å²) in [5.41, 5.74) is 6.22. The third-order valence-corrected chi connectivity index (χ3v) is 5.09. The summed E-state index contributed by atoms with van der Waals surface area (Å²) in [5.74, 6) is -0.455. The SMILES string of the molecule is CCOC(=O)c1cccc(N2C(Cc3ccccc3)=C=Cc3cc(C(F)(F)F)ccc32)c1. The smallest absolute Gasteiger partial charge is 0.416 e. The van der Waals surface area contributed by atoms with Crippen molar-refractivity contribution >= 4 is 23.4 Å². The summed E-state index contributed by atoms with van der Waals surface area (Å²) >= 11 is 0. The minimum absolute atomic E-state index is 0.248. The predicted octanol–water partition coefficient (Wildman–Crippen LogP) is 6.77. The highest BCUT2D eigenvalue weighted by Crippen LogP contribution is 2.40. The molecule has 0 aromatic heterocycles. The molecule has 1 heterocycles. The fourth-order valence-electron chi connectivity index (χ4n) is 3.62. The normalized spacial score (nSPS) is 12.9. The van der Waals surface area contributed by atoms with Crippen molar-refractivity contribution in [2.24, 2.45) is 0 Å². The van der Waals surface area contributed by atoms with Crippen molar-refractivity contribution in [3.8, 4) is 0 Å².